The van der Waals surface area contributed by atoms with Crippen molar-refractivity contribution in [3.63, 3.8) is 0 Å². The molecule has 4 heteroatoms. The van der Waals surface area contributed by atoms with Gasteiger partial charge < -0.3 is 9.17 Å². The van der Waals surface area contributed by atoms with Crippen molar-refractivity contribution in [1.82, 2.24) is 9.97 Å². The van der Waals surface area contributed by atoms with Gasteiger partial charge in [0.05, 0.1) is 30.3 Å². The molecule has 2 rings (SSSR count). The number of aromatic amines is 1. The Morgan fingerprint density at radius 2 is 2.36 bits per heavy atom. The Labute approximate surface area is 87.5 Å². The fourth-order valence-electron chi connectivity index (χ4n) is 1.45. The second kappa shape index (κ2) is 4.37. The largest absolute Gasteiger partial charge is 0.430 e. The van der Waals surface area contributed by atoms with Crippen LogP contribution in [0.25, 0.3) is 5.57 Å². The molecule has 0 spiro atoms. The topological polar surface area (TPSA) is 37.9 Å². The molecule has 1 aliphatic rings. The maximum Gasteiger partial charge on any atom is 0.114 e. The highest BCUT2D eigenvalue weighted by atomic mass is 32.2. The summed E-state index contributed by atoms with van der Waals surface area (Å²) in [5.74, 6) is 1.04. The Morgan fingerprint density at radius 3 is 2.93 bits per heavy atom. The molecule has 0 saturated carbocycles. The van der Waals surface area contributed by atoms with Crippen molar-refractivity contribution in [3.05, 3.63) is 36.1 Å². The number of hydrogen-bond acceptors (Lipinski definition) is 3. The predicted octanol–water partition coefficient (Wildman–Crippen LogP) is 2.77. The lowest BCUT2D eigenvalue weighted by atomic mass is 10.0. The van der Waals surface area contributed by atoms with Crippen molar-refractivity contribution in [2.75, 3.05) is 6.26 Å². The molecule has 1 heterocycles. The van der Waals surface area contributed by atoms with E-state index in [2.05, 4.69) is 16.0 Å². The molecule has 0 saturated heterocycles. The average molecular weight is 208 g/mol. The second-order valence-electron chi connectivity index (χ2n) is 3.04. The summed E-state index contributed by atoms with van der Waals surface area (Å²) in [4.78, 5) is 7.10. The van der Waals surface area contributed by atoms with Crippen molar-refractivity contribution >= 4 is 17.6 Å². The molecular weight excluding hydrogens is 196 g/mol. The summed E-state index contributed by atoms with van der Waals surface area (Å²) < 4.78 is 5.36. The number of rotatable bonds is 3. The minimum Gasteiger partial charge on any atom is -0.430 e. The first-order valence-electron chi connectivity index (χ1n) is 4.49. The van der Waals surface area contributed by atoms with Gasteiger partial charge in [-0.05, 0) is 18.1 Å². The van der Waals surface area contributed by atoms with Crippen LogP contribution in [-0.4, -0.2) is 16.2 Å². The van der Waals surface area contributed by atoms with Crippen LogP contribution in [0.5, 0.6) is 0 Å². The highest BCUT2D eigenvalue weighted by molar-refractivity contribution is 7.94. The first-order chi connectivity index (χ1) is 6.90. The van der Waals surface area contributed by atoms with E-state index in [9.17, 15) is 0 Å². The molecule has 3 nitrogen and oxygen atoms in total. The number of allylic oxidation sites excluding steroid dienone is 4. The van der Waals surface area contributed by atoms with Crippen molar-refractivity contribution in [2.45, 2.75) is 12.8 Å². The van der Waals surface area contributed by atoms with Gasteiger partial charge in [0.2, 0.25) is 0 Å². The average Bonchev–Trinajstić information content (AvgIpc) is 2.72. The molecule has 0 unspecified atom stereocenters. The molecule has 0 amide bonds. The third-order valence-corrected chi connectivity index (χ3v) is 2.53. The van der Waals surface area contributed by atoms with E-state index in [-0.39, 0.29) is 0 Å². The maximum atomic E-state index is 5.36. The van der Waals surface area contributed by atoms with Crippen molar-refractivity contribution in [2.24, 2.45) is 0 Å². The van der Waals surface area contributed by atoms with Gasteiger partial charge >= 0.3 is 0 Å². The van der Waals surface area contributed by atoms with Crippen molar-refractivity contribution in [1.29, 1.82) is 0 Å². The van der Waals surface area contributed by atoms with Crippen molar-refractivity contribution < 1.29 is 4.18 Å². The summed E-state index contributed by atoms with van der Waals surface area (Å²) in [6, 6.07) is 0. The minimum absolute atomic E-state index is 0.964. The van der Waals surface area contributed by atoms with Crippen LogP contribution in [-0.2, 0) is 4.18 Å². The molecule has 0 radical (unpaired) electrons. The van der Waals surface area contributed by atoms with Crippen molar-refractivity contribution in [3.8, 4) is 0 Å². The molecule has 0 fully saturated rings. The molecule has 0 atom stereocenters. The van der Waals surface area contributed by atoms with Crippen LogP contribution >= 0.6 is 12.0 Å². The van der Waals surface area contributed by atoms with Gasteiger partial charge in [-0.15, -0.1) is 0 Å². The summed E-state index contributed by atoms with van der Waals surface area (Å²) >= 11 is 1.39. The molecule has 1 aromatic heterocycles. The van der Waals surface area contributed by atoms with E-state index in [4.69, 9.17) is 4.18 Å². The van der Waals surface area contributed by atoms with Crippen LogP contribution in [0.4, 0.5) is 0 Å². The zero-order valence-corrected chi connectivity index (χ0v) is 8.80. The fraction of sp³-hybridized carbons (Fsp3) is 0.300. The van der Waals surface area contributed by atoms with Gasteiger partial charge in [0, 0.05) is 12.7 Å². The lowest BCUT2D eigenvalue weighted by Gasteiger charge is -2.12. The Kier molecular flexibility index (Phi) is 2.93. The van der Waals surface area contributed by atoms with E-state index in [1.54, 1.807) is 6.33 Å². The number of imidazole rings is 1. The highest BCUT2D eigenvalue weighted by Gasteiger charge is 2.09. The Hall–Kier alpha value is -1.16. The standard InChI is InChI=1S/C10H12N2OS/c1-14-13-9-4-2-8(3-5-9)10-6-11-7-12-10/h2,4,6-7H,3,5H2,1H3,(H,11,12). The van der Waals surface area contributed by atoms with Crippen LogP contribution in [0.2, 0.25) is 0 Å². The molecular formula is C10H12N2OS. The van der Waals surface area contributed by atoms with Gasteiger partial charge in [-0.2, -0.15) is 0 Å². The minimum atomic E-state index is 0.964. The zero-order valence-electron chi connectivity index (χ0n) is 7.99. The van der Waals surface area contributed by atoms with E-state index in [0.717, 1.165) is 24.3 Å². The van der Waals surface area contributed by atoms with Gasteiger partial charge in [0.15, 0.2) is 0 Å². The molecule has 0 bridgehead atoms. The quantitative estimate of drug-likeness (QED) is 0.776. The molecule has 14 heavy (non-hydrogen) atoms. The van der Waals surface area contributed by atoms with E-state index >= 15 is 0 Å². The Bertz CT molecular complexity index is 354. The molecule has 1 N–H and O–H groups in total. The normalized spacial score (nSPS) is 16.1. The Morgan fingerprint density at radius 1 is 1.43 bits per heavy atom. The maximum absolute atomic E-state index is 5.36. The molecule has 74 valence electrons. The van der Waals surface area contributed by atoms with Gasteiger partial charge in [0.25, 0.3) is 0 Å². The number of hydrogen-bond donors (Lipinski definition) is 1. The third-order valence-electron chi connectivity index (χ3n) is 2.15. The van der Waals surface area contributed by atoms with Gasteiger partial charge in [-0.25, -0.2) is 4.98 Å². The van der Waals surface area contributed by atoms with Crippen LogP contribution in [0.3, 0.4) is 0 Å². The number of aromatic nitrogens is 2. The fourth-order valence-corrected chi connectivity index (χ4v) is 1.80. The number of nitrogens with zero attached hydrogens (tertiary/aromatic N) is 1. The van der Waals surface area contributed by atoms with Gasteiger partial charge in [-0.1, -0.05) is 6.08 Å². The zero-order chi connectivity index (χ0) is 9.80. The first kappa shape index (κ1) is 9.40. The van der Waals surface area contributed by atoms with E-state index < -0.39 is 0 Å². The summed E-state index contributed by atoms with van der Waals surface area (Å²) in [7, 11) is 0. The summed E-state index contributed by atoms with van der Waals surface area (Å²) in [6.07, 6.45) is 11.6. The summed E-state index contributed by atoms with van der Waals surface area (Å²) in [5, 5.41) is 0. The lowest BCUT2D eigenvalue weighted by Crippen LogP contribution is -1.94. The SMILES string of the molecule is CSOC1=CC=C(c2cnc[nH]2)CC1. The third kappa shape index (κ3) is 2.01. The van der Waals surface area contributed by atoms with Crippen LogP contribution in [0.15, 0.2) is 30.4 Å². The highest BCUT2D eigenvalue weighted by Crippen LogP contribution is 2.27. The van der Waals surface area contributed by atoms with E-state index in [0.29, 0.717) is 0 Å². The van der Waals surface area contributed by atoms with Crippen LogP contribution in [0.1, 0.15) is 18.5 Å². The van der Waals surface area contributed by atoms with Gasteiger partial charge in [-0.3, -0.25) is 0 Å². The molecule has 0 aromatic carbocycles. The summed E-state index contributed by atoms with van der Waals surface area (Å²) in [5.41, 5.74) is 2.39. The smallest absolute Gasteiger partial charge is 0.114 e. The van der Waals surface area contributed by atoms with Crippen LogP contribution < -0.4 is 0 Å². The van der Waals surface area contributed by atoms with E-state index in [1.807, 2.05) is 18.5 Å². The molecule has 0 aliphatic heterocycles. The van der Waals surface area contributed by atoms with Crippen LogP contribution in [0, 0.1) is 0 Å². The second-order valence-corrected chi connectivity index (χ2v) is 3.54. The number of H-pyrrole nitrogens is 1. The summed E-state index contributed by atoms with van der Waals surface area (Å²) in [6.45, 7) is 0. The number of nitrogens with one attached hydrogen (secondary N) is 1. The monoisotopic (exact) mass is 208 g/mol. The Balaban J connectivity index is 2.11. The molecule has 1 aliphatic carbocycles. The predicted molar refractivity (Wildman–Crippen MR) is 58.5 cm³/mol. The van der Waals surface area contributed by atoms with Gasteiger partial charge in [0.1, 0.15) is 5.76 Å². The van der Waals surface area contributed by atoms with E-state index in [1.165, 1.54) is 17.6 Å². The molecule has 1 aromatic rings. The first-order valence-corrected chi connectivity index (χ1v) is 5.64. The lowest BCUT2D eigenvalue weighted by molar-refractivity contribution is 0.471.